The molecule has 0 aromatic carbocycles. The van der Waals surface area contributed by atoms with Gasteiger partial charge in [-0.15, -0.1) is 0 Å². The Labute approximate surface area is 64.4 Å². The van der Waals surface area contributed by atoms with E-state index in [-0.39, 0.29) is 6.61 Å². The highest BCUT2D eigenvalue weighted by Gasteiger charge is 1.99. The van der Waals surface area contributed by atoms with Gasteiger partial charge < -0.3 is 14.9 Å². The second-order valence-corrected chi connectivity index (χ2v) is 2.13. The number of aliphatic hydroxyl groups is 1. The van der Waals surface area contributed by atoms with E-state index in [1.54, 1.807) is 6.92 Å². The molecule has 11 heavy (non-hydrogen) atoms. The molecule has 0 atom stereocenters. The molecule has 0 fully saturated rings. The quantitative estimate of drug-likeness (QED) is 0.574. The van der Waals surface area contributed by atoms with Crippen molar-refractivity contribution in [2.75, 3.05) is 13.2 Å². The standard InChI is InChI=1S/C6H11N3O2/c1-5-8-6(9-11-5)4-7-2-3-10/h7,10H,2-4H2,1H3. The van der Waals surface area contributed by atoms with E-state index in [0.717, 1.165) is 0 Å². The molecule has 0 saturated carbocycles. The maximum absolute atomic E-state index is 8.42. The molecule has 0 aliphatic carbocycles. The third kappa shape index (κ3) is 2.65. The fourth-order valence-electron chi connectivity index (χ4n) is 0.692. The minimum Gasteiger partial charge on any atom is -0.395 e. The summed E-state index contributed by atoms with van der Waals surface area (Å²) >= 11 is 0. The van der Waals surface area contributed by atoms with Crippen molar-refractivity contribution in [3.63, 3.8) is 0 Å². The van der Waals surface area contributed by atoms with E-state index >= 15 is 0 Å². The second-order valence-electron chi connectivity index (χ2n) is 2.13. The fourth-order valence-corrected chi connectivity index (χ4v) is 0.692. The Kier molecular flexibility index (Phi) is 3.00. The predicted octanol–water partition coefficient (Wildman–Crippen LogP) is -0.540. The third-order valence-corrected chi connectivity index (χ3v) is 1.14. The molecule has 0 unspecified atom stereocenters. The molecule has 0 saturated heterocycles. The maximum Gasteiger partial charge on any atom is 0.223 e. The van der Waals surface area contributed by atoms with Crippen molar-refractivity contribution in [3.8, 4) is 0 Å². The molecule has 5 nitrogen and oxygen atoms in total. The number of nitrogens with one attached hydrogen (secondary N) is 1. The van der Waals surface area contributed by atoms with Crippen molar-refractivity contribution in [2.45, 2.75) is 13.5 Å². The van der Waals surface area contributed by atoms with Crippen LogP contribution in [0.5, 0.6) is 0 Å². The Morgan fingerprint density at radius 3 is 3.00 bits per heavy atom. The molecular formula is C6H11N3O2. The first kappa shape index (κ1) is 8.16. The molecule has 62 valence electrons. The summed E-state index contributed by atoms with van der Waals surface area (Å²) in [6, 6.07) is 0. The monoisotopic (exact) mass is 157 g/mol. The molecule has 0 amide bonds. The lowest BCUT2D eigenvalue weighted by atomic mass is 10.5. The molecule has 5 heteroatoms. The number of hydrogen-bond acceptors (Lipinski definition) is 5. The van der Waals surface area contributed by atoms with Gasteiger partial charge in [-0.1, -0.05) is 5.16 Å². The molecule has 1 rings (SSSR count). The molecule has 0 radical (unpaired) electrons. The first-order valence-corrected chi connectivity index (χ1v) is 3.43. The van der Waals surface area contributed by atoms with Crippen molar-refractivity contribution in [2.24, 2.45) is 0 Å². The molecular weight excluding hydrogens is 146 g/mol. The van der Waals surface area contributed by atoms with Crippen LogP contribution in [0, 0.1) is 6.92 Å². The Morgan fingerprint density at radius 2 is 2.45 bits per heavy atom. The molecule has 0 spiro atoms. The lowest BCUT2D eigenvalue weighted by Crippen LogP contribution is -2.18. The smallest absolute Gasteiger partial charge is 0.223 e. The van der Waals surface area contributed by atoms with Gasteiger partial charge in [0.1, 0.15) is 0 Å². The second kappa shape index (κ2) is 4.05. The van der Waals surface area contributed by atoms with E-state index in [9.17, 15) is 0 Å². The van der Waals surface area contributed by atoms with Crippen molar-refractivity contribution in [1.82, 2.24) is 15.5 Å². The van der Waals surface area contributed by atoms with Crippen LogP contribution in [0.2, 0.25) is 0 Å². The van der Waals surface area contributed by atoms with Crippen LogP contribution in [0.1, 0.15) is 11.7 Å². The van der Waals surface area contributed by atoms with Gasteiger partial charge in [0.15, 0.2) is 5.82 Å². The number of rotatable bonds is 4. The lowest BCUT2D eigenvalue weighted by Gasteiger charge is -1.94. The largest absolute Gasteiger partial charge is 0.395 e. The maximum atomic E-state index is 8.42. The SMILES string of the molecule is Cc1nc(CNCCO)no1. The van der Waals surface area contributed by atoms with Gasteiger partial charge in [0.2, 0.25) is 5.89 Å². The van der Waals surface area contributed by atoms with E-state index in [1.807, 2.05) is 0 Å². The van der Waals surface area contributed by atoms with Crippen LogP contribution in [0.25, 0.3) is 0 Å². The summed E-state index contributed by atoms with van der Waals surface area (Å²) in [5, 5.41) is 15.0. The molecule has 1 heterocycles. The minimum atomic E-state index is 0.122. The topological polar surface area (TPSA) is 71.2 Å². The van der Waals surface area contributed by atoms with Crippen LogP contribution < -0.4 is 5.32 Å². The van der Waals surface area contributed by atoms with Crippen LogP contribution in [0.15, 0.2) is 4.52 Å². The van der Waals surface area contributed by atoms with Crippen LogP contribution in [0.4, 0.5) is 0 Å². The fraction of sp³-hybridized carbons (Fsp3) is 0.667. The Bertz CT molecular complexity index is 211. The molecule has 0 aliphatic rings. The number of aromatic nitrogens is 2. The van der Waals surface area contributed by atoms with E-state index in [0.29, 0.717) is 24.8 Å². The molecule has 0 bridgehead atoms. The normalized spacial score (nSPS) is 10.4. The predicted molar refractivity (Wildman–Crippen MR) is 37.8 cm³/mol. The first-order chi connectivity index (χ1) is 5.33. The van der Waals surface area contributed by atoms with Gasteiger partial charge in [0.05, 0.1) is 13.2 Å². The summed E-state index contributed by atoms with van der Waals surface area (Å²) in [6.07, 6.45) is 0. The third-order valence-electron chi connectivity index (χ3n) is 1.14. The molecule has 0 aliphatic heterocycles. The summed E-state index contributed by atoms with van der Waals surface area (Å²) in [5.41, 5.74) is 0. The summed E-state index contributed by atoms with van der Waals surface area (Å²) in [7, 11) is 0. The zero-order valence-corrected chi connectivity index (χ0v) is 6.37. The van der Waals surface area contributed by atoms with Crippen molar-refractivity contribution in [1.29, 1.82) is 0 Å². The average Bonchev–Trinajstić information content (AvgIpc) is 2.37. The minimum absolute atomic E-state index is 0.122. The highest BCUT2D eigenvalue weighted by atomic mass is 16.5. The van der Waals surface area contributed by atoms with Gasteiger partial charge in [-0.2, -0.15) is 4.98 Å². The van der Waals surface area contributed by atoms with Crippen molar-refractivity contribution in [3.05, 3.63) is 11.7 Å². The van der Waals surface area contributed by atoms with E-state index in [1.165, 1.54) is 0 Å². The Balaban J connectivity index is 2.27. The number of aryl methyl sites for hydroxylation is 1. The lowest BCUT2D eigenvalue weighted by molar-refractivity contribution is 0.290. The van der Waals surface area contributed by atoms with Crippen LogP contribution >= 0.6 is 0 Å². The zero-order valence-electron chi connectivity index (χ0n) is 6.37. The van der Waals surface area contributed by atoms with Gasteiger partial charge in [-0.05, 0) is 0 Å². The van der Waals surface area contributed by atoms with Gasteiger partial charge in [0.25, 0.3) is 0 Å². The molecule has 2 N–H and O–H groups in total. The van der Waals surface area contributed by atoms with Gasteiger partial charge in [-0.3, -0.25) is 0 Å². The first-order valence-electron chi connectivity index (χ1n) is 3.43. The molecule has 1 aromatic heterocycles. The number of nitrogens with zero attached hydrogens (tertiary/aromatic N) is 2. The summed E-state index contributed by atoms with van der Waals surface area (Å²) in [4.78, 5) is 3.96. The Morgan fingerprint density at radius 1 is 1.64 bits per heavy atom. The zero-order chi connectivity index (χ0) is 8.10. The summed E-state index contributed by atoms with van der Waals surface area (Å²) in [6.45, 7) is 2.95. The molecule has 1 aromatic rings. The summed E-state index contributed by atoms with van der Waals surface area (Å²) in [5.74, 6) is 1.18. The van der Waals surface area contributed by atoms with Crippen molar-refractivity contribution < 1.29 is 9.63 Å². The van der Waals surface area contributed by atoms with E-state index in [4.69, 9.17) is 9.63 Å². The number of hydrogen-bond donors (Lipinski definition) is 2. The van der Waals surface area contributed by atoms with Gasteiger partial charge in [-0.25, -0.2) is 0 Å². The Hall–Kier alpha value is -0.940. The van der Waals surface area contributed by atoms with Gasteiger partial charge in [0, 0.05) is 13.5 Å². The van der Waals surface area contributed by atoms with Crippen LogP contribution in [0.3, 0.4) is 0 Å². The highest BCUT2D eigenvalue weighted by molar-refractivity contribution is 4.82. The van der Waals surface area contributed by atoms with E-state index < -0.39 is 0 Å². The van der Waals surface area contributed by atoms with E-state index in [2.05, 4.69) is 15.5 Å². The highest BCUT2D eigenvalue weighted by Crippen LogP contribution is 1.92. The van der Waals surface area contributed by atoms with Gasteiger partial charge >= 0.3 is 0 Å². The summed E-state index contributed by atoms with van der Waals surface area (Å²) < 4.78 is 4.73. The van der Waals surface area contributed by atoms with Crippen LogP contribution in [-0.2, 0) is 6.54 Å². The van der Waals surface area contributed by atoms with Crippen molar-refractivity contribution >= 4 is 0 Å². The van der Waals surface area contributed by atoms with Crippen LogP contribution in [-0.4, -0.2) is 28.4 Å². The average molecular weight is 157 g/mol. The number of aliphatic hydroxyl groups excluding tert-OH is 1.